The standard InChI is InChI=1S/C13H20O7/c1-11(16-3,17-4)12(2)19-8-6-13(15)5-7(9(8)20-12)18-10(13)14/h7-9,15H,5-6H2,1-4H3/t7-,8-,9+,12-,13-/m1/s1. The largest absolute Gasteiger partial charge is 0.457 e. The van der Waals surface area contributed by atoms with Crippen molar-refractivity contribution in [2.45, 2.75) is 62.2 Å². The van der Waals surface area contributed by atoms with Crippen molar-refractivity contribution in [3.05, 3.63) is 0 Å². The van der Waals surface area contributed by atoms with Gasteiger partial charge in [-0.05, 0) is 13.8 Å². The maximum absolute atomic E-state index is 11.6. The van der Waals surface area contributed by atoms with Crippen LogP contribution in [0.4, 0.5) is 0 Å². The normalized spacial score (nSPS) is 47.2. The Hall–Kier alpha value is -0.730. The maximum Gasteiger partial charge on any atom is 0.338 e. The van der Waals surface area contributed by atoms with E-state index in [0.29, 0.717) is 0 Å². The second kappa shape index (κ2) is 4.14. The predicted octanol–water partition coefficient (Wildman–Crippen LogP) is -0.0541. The zero-order valence-electron chi connectivity index (χ0n) is 12.0. The summed E-state index contributed by atoms with van der Waals surface area (Å²) in [5.41, 5.74) is -1.46. The number of esters is 1. The predicted molar refractivity (Wildman–Crippen MR) is 64.6 cm³/mol. The quantitative estimate of drug-likeness (QED) is 0.575. The zero-order valence-corrected chi connectivity index (χ0v) is 12.0. The molecule has 0 unspecified atom stereocenters. The van der Waals surface area contributed by atoms with Crippen molar-refractivity contribution in [3.63, 3.8) is 0 Å². The lowest BCUT2D eigenvalue weighted by molar-refractivity contribution is -0.360. The summed E-state index contributed by atoms with van der Waals surface area (Å²) in [7, 11) is 3.01. The molecule has 7 heteroatoms. The Morgan fingerprint density at radius 2 is 1.85 bits per heavy atom. The van der Waals surface area contributed by atoms with Gasteiger partial charge in [0.25, 0.3) is 0 Å². The molecule has 3 aliphatic rings. The first-order chi connectivity index (χ1) is 9.27. The van der Waals surface area contributed by atoms with Gasteiger partial charge in [-0.1, -0.05) is 0 Å². The van der Waals surface area contributed by atoms with Crippen LogP contribution < -0.4 is 0 Å². The third-order valence-electron chi connectivity index (χ3n) is 4.79. The van der Waals surface area contributed by atoms with E-state index in [-0.39, 0.29) is 12.8 Å². The fourth-order valence-corrected chi connectivity index (χ4v) is 3.25. The van der Waals surface area contributed by atoms with Crippen LogP contribution in [0.25, 0.3) is 0 Å². The molecule has 1 saturated carbocycles. The molecule has 0 amide bonds. The van der Waals surface area contributed by atoms with E-state index < -0.39 is 41.5 Å². The van der Waals surface area contributed by atoms with E-state index in [1.165, 1.54) is 14.2 Å². The van der Waals surface area contributed by atoms with E-state index in [4.69, 9.17) is 23.7 Å². The Bertz CT molecular complexity index is 434. The summed E-state index contributed by atoms with van der Waals surface area (Å²) in [5.74, 6) is -2.83. The van der Waals surface area contributed by atoms with Crippen LogP contribution in [0.2, 0.25) is 0 Å². The van der Waals surface area contributed by atoms with Crippen LogP contribution in [0.3, 0.4) is 0 Å². The number of ether oxygens (including phenoxy) is 5. The smallest absolute Gasteiger partial charge is 0.338 e. The van der Waals surface area contributed by atoms with E-state index in [1.807, 2.05) is 0 Å². The van der Waals surface area contributed by atoms with Crippen molar-refractivity contribution >= 4 is 5.97 Å². The van der Waals surface area contributed by atoms with Gasteiger partial charge < -0.3 is 28.8 Å². The number of carbonyl (C=O) groups is 1. The fraction of sp³-hybridized carbons (Fsp3) is 0.923. The Morgan fingerprint density at radius 1 is 1.25 bits per heavy atom. The van der Waals surface area contributed by atoms with Gasteiger partial charge in [-0.3, -0.25) is 0 Å². The van der Waals surface area contributed by atoms with E-state index in [2.05, 4.69) is 0 Å². The van der Waals surface area contributed by atoms with E-state index in [9.17, 15) is 9.90 Å². The van der Waals surface area contributed by atoms with Crippen LogP contribution in [0.1, 0.15) is 26.7 Å². The number of aliphatic hydroxyl groups is 1. The first-order valence-corrected chi connectivity index (χ1v) is 6.66. The Labute approximate surface area is 117 Å². The summed E-state index contributed by atoms with van der Waals surface area (Å²) in [6.45, 7) is 3.43. The van der Waals surface area contributed by atoms with Crippen LogP contribution in [-0.2, 0) is 28.5 Å². The topological polar surface area (TPSA) is 83.5 Å². The second-order valence-electron chi connectivity index (χ2n) is 5.92. The number of hydrogen-bond acceptors (Lipinski definition) is 7. The molecule has 2 heterocycles. The van der Waals surface area contributed by atoms with E-state index in [1.54, 1.807) is 13.8 Å². The number of methoxy groups -OCH3 is 2. The highest BCUT2D eigenvalue weighted by Crippen LogP contribution is 2.49. The average Bonchev–Trinajstić information content (AvgIpc) is 2.86. The molecule has 3 fully saturated rings. The molecule has 7 nitrogen and oxygen atoms in total. The zero-order chi connectivity index (χ0) is 14.8. The highest BCUT2D eigenvalue weighted by Gasteiger charge is 2.66. The SMILES string of the molecule is COC(C)(OC)[C@@]1(C)O[C@H]2[C@H]3C[C@@](O)(C[C@H]2O1)C(=O)O3. The summed E-state index contributed by atoms with van der Waals surface area (Å²) < 4.78 is 27.8. The van der Waals surface area contributed by atoms with Gasteiger partial charge in [0, 0.05) is 27.1 Å². The van der Waals surface area contributed by atoms with Crippen LogP contribution in [-0.4, -0.2) is 60.8 Å². The maximum atomic E-state index is 11.6. The van der Waals surface area contributed by atoms with Gasteiger partial charge in [0.2, 0.25) is 11.6 Å². The molecular formula is C13H20O7. The summed E-state index contributed by atoms with van der Waals surface area (Å²) >= 11 is 0. The molecule has 20 heavy (non-hydrogen) atoms. The third-order valence-corrected chi connectivity index (χ3v) is 4.79. The van der Waals surface area contributed by atoms with Crippen LogP contribution in [0.15, 0.2) is 0 Å². The molecule has 114 valence electrons. The Kier molecular flexibility index (Phi) is 2.94. The van der Waals surface area contributed by atoms with Crippen LogP contribution in [0, 0.1) is 0 Å². The minimum Gasteiger partial charge on any atom is -0.457 e. The Balaban J connectivity index is 1.86. The summed E-state index contributed by atoms with van der Waals surface area (Å²) in [5, 5.41) is 10.3. The molecule has 2 saturated heterocycles. The summed E-state index contributed by atoms with van der Waals surface area (Å²) in [6, 6.07) is 0. The Morgan fingerprint density at radius 3 is 2.45 bits per heavy atom. The number of rotatable bonds is 3. The molecule has 0 aromatic heterocycles. The molecule has 1 N–H and O–H groups in total. The lowest BCUT2D eigenvalue weighted by Crippen LogP contribution is -2.54. The van der Waals surface area contributed by atoms with Gasteiger partial charge in [0.15, 0.2) is 5.60 Å². The summed E-state index contributed by atoms with van der Waals surface area (Å²) in [6.07, 6.45) is -0.947. The van der Waals surface area contributed by atoms with E-state index >= 15 is 0 Å². The van der Waals surface area contributed by atoms with Gasteiger partial charge in [0.1, 0.15) is 12.2 Å². The van der Waals surface area contributed by atoms with Crippen LogP contribution >= 0.6 is 0 Å². The minimum absolute atomic E-state index is 0.159. The highest BCUT2D eigenvalue weighted by molar-refractivity contribution is 5.82. The molecule has 0 spiro atoms. The minimum atomic E-state index is -1.46. The number of hydrogen-bond donors (Lipinski definition) is 1. The first kappa shape index (κ1) is 14.2. The summed E-state index contributed by atoms with van der Waals surface area (Å²) in [4.78, 5) is 11.6. The molecule has 3 rings (SSSR count). The fourth-order valence-electron chi connectivity index (χ4n) is 3.25. The van der Waals surface area contributed by atoms with Gasteiger partial charge in [-0.2, -0.15) is 0 Å². The molecule has 0 aromatic carbocycles. The van der Waals surface area contributed by atoms with Crippen molar-refractivity contribution in [1.29, 1.82) is 0 Å². The molecular weight excluding hydrogens is 268 g/mol. The number of fused-ring (bicyclic) bond motifs is 4. The lowest BCUT2D eigenvalue weighted by Gasteiger charge is -2.39. The second-order valence-corrected chi connectivity index (χ2v) is 5.92. The van der Waals surface area contributed by atoms with Gasteiger partial charge in [-0.25, -0.2) is 4.79 Å². The van der Waals surface area contributed by atoms with Gasteiger partial charge in [0.05, 0.1) is 6.10 Å². The molecule has 2 aliphatic heterocycles. The molecule has 0 radical (unpaired) electrons. The van der Waals surface area contributed by atoms with Crippen molar-refractivity contribution < 1.29 is 33.6 Å². The highest BCUT2D eigenvalue weighted by atomic mass is 16.8. The lowest BCUT2D eigenvalue weighted by atomic mass is 9.82. The van der Waals surface area contributed by atoms with Crippen molar-refractivity contribution in [1.82, 2.24) is 0 Å². The van der Waals surface area contributed by atoms with Gasteiger partial charge >= 0.3 is 5.97 Å². The monoisotopic (exact) mass is 288 g/mol. The first-order valence-electron chi connectivity index (χ1n) is 6.66. The van der Waals surface area contributed by atoms with Crippen LogP contribution in [0.5, 0.6) is 0 Å². The molecule has 2 bridgehead atoms. The molecule has 5 atom stereocenters. The number of carbonyl (C=O) groups excluding carboxylic acids is 1. The van der Waals surface area contributed by atoms with Crippen molar-refractivity contribution in [2.75, 3.05) is 14.2 Å². The molecule has 1 aliphatic carbocycles. The molecule has 0 aromatic rings. The van der Waals surface area contributed by atoms with Crippen molar-refractivity contribution in [3.8, 4) is 0 Å². The third kappa shape index (κ3) is 1.67. The van der Waals surface area contributed by atoms with E-state index in [0.717, 1.165) is 0 Å². The van der Waals surface area contributed by atoms with Gasteiger partial charge in [-0.15, -0.1) is 0 Å². The van der Waals surface area contributed by atoms with Crippen molar-refractivity contribution in [2.24, 2.45) is 0 Å². The average molecular weight is 288 g/mol.